The van der Waals surface area contributed by atoms with Crippen LogP contribution in [0.3, 0.4) is 0 Å². The lowest BCUT2D eigenvalue weighted by atomic mass is 9.55. The summed E-state index contributed by atoms with van der Waals surface area (Å²) in [4.78, 5) is 55.5. The van der Waals surface area contributed by atoms with Crippen LogP contribution in [0.25, 0.3) is 0 Å². The van der Waals surface area contributed by atoms with E-state index in [1.165, 1.54) is 4.90 Å². The van der Waals surface area contributed by atoms with Crippen molar-refractivity contribution in [2.45, 2.75) is 77.3 Å². The molecule has 3 heterocycles. The molecule has 3 saturated heterocycles. The molecule has 4 aliphatic rings. The molecule has 3 aliphatic heterocycles. The summed E-state index contributed by atoms with van der Waals surface area (Å²) in [7, 11) is 1.73. The average Bonchev–Trinajstić information content (AvgIpc) is 3.31. The number of nitrogens with zero attached hydrogens (tertiary/aromatic N) is 3. The van der Waals surface area contributed by atoms with Crippen LogP contribution in [0.4, 0.5) is 13.2 Å². The van der Waals surface area contributed by atoms with E-state index in [0.717, 1.165) is 0 Å². The fourth-order valence-corrected chi connectivity index (χ4v) is 7.19. The molecule has 4 amide bonds. The van der Waals surface area contributed by atoms with E-state index < -0.39 is 53.4 Å². The van der Waals surface area contributed by atoms with Crippen molar-refractivity contribution in [2.75, 3.05) is 26.7 Å². The Morgan fingerprint density at radius 3 is 2.31 bits per heavy atom. The lowest BCUT2D eigenvalue weighted by molar-refractivity contribution is -0.176. The molecule has 1 unspecified atom stereocenters. The predicted octanol–water partition coefficient (Wildman–Crippen LogP) is 0.781. The van der Waals surface area contributed by atoms with Crippen LogP contribution in [-0.2, 0) is 19.2 Å². The predicted molar refractivity (Wildman–Crippen MR) is 132 cm³/mol. The Labute approximate surface area is 226 Å². The van der Waals surface area contributed by atoms with Gasteiger partial charge in [0.2, 0.25) is 17.7 Å². The van der Waals surface area contributed by atoms with E-state index in [0.29, 0.717) is 19.4 Å². The molecule has 0 radical (unpaired) electrons. The first-order valence-corrected chi connectivity index (χ1v) is 13.3. The van der Waals surface area contributed by atoms with E-state index in [4.69, 9.17) is 0 Å². The fourth-order valence-electron chi connectivity index (χ4n) is 7.19. The van der Waals surface area contributed by atoms with E-state index in [-0.39, 0.29) is 48.7 Å². The molecule has 13 heteroatoms. The van der Waals surface area contributed by atoms with Gasteiger partial charge in [-0.15, -0.1) is 0 Å². The molecule has 0 aromatic carbocycles. The Kier molecular flexibility index (Phi) is 7.42. The van der Waals surface area contributed by atoms with Crippen molar-refractivity contribution >= 4 is 23.6 Å². The minimum absolute atomic E-state index is 0.0669. The number of alkyl halides is 3. The molecule has 1 aliphatic carbocycles. The Bertz CT molecular complexity index is 1090. The summed E-state index contributed by atoms with van der Waals surface area (Å²) < 4.78 is 40.1. The Hall–Kier alpha value is -2.88. The molecule has 0 aromatic rings. The van der Waals surface area contributed by atoms with Gasteiger partial charge in [-0.2, -0.15) is 18.4 Å². The van der Waals surface area contributed by atoms with Crippen molar-refractivity contribution in [1.82, 2.24) is 25.8 Å². The first-order valence-electron chi connectivity index (χ1n) is 13.3. The quantitative estimate of drug-likeness (QED) is 0.439. The van der Waals surface area contributed by atoms with Gasteiger partial charge in [-0.1, -0.05) is 27.7 Å². The molecule has 4 rings (SSSR count). The summed E-state index contributed by atoms with van der Waals surface area (Å²) in [5.74, 6) is -4.56. The smallest absolute Gasteiger partial charge is 0.352 e. The summed E-state index contributed by atoms with van der Waals surface area (Å²) in [5, 5.41) is 17.3. The molecule has 0 spiro atoms. The molecule has 3 N–H and O–H groups in total. The maximum atomic E-state index is 14.1. The zero-order valence-corrected chi connectivity index (χ0v) is 22.9. The number of carbonyl (C=O) groups is 4. The Morgan fingerprint density at radius 2 is 1.72 bits per heavy atom. The number of hydrogen-bond acceptors (Lipinski definition) is 6. The summed E-state index contributed by atoms with van der Waals surface area (Å²) >= 11 is 0. The summed E-state index contributed by atoms with van der Waals surface area (Å²) in [5.41, 5.74) is -1.37. The zero-order chi connectivity index (χ0) is 29.1. The summed E-state index contributed by atoms with van der Waals surface area (Å²) in [6.07, 6.45) is -4.04. The number of amides is 4. The second-order valence-electron chi connectivity index (χ2n) is 13.1. The lowest BCUT2D eigenvalue weighted by Crippen LogP contribution is -2.62. The third kappa shape index (κ3) is 5.58. The maximum absolute atomic E-state index is 14.1. The van der Waals surface area contributed by atoms with Gasteiger partial charge < -0.3 is 25.8 Å². The molecule has 10 nitrogen and oxygen atoms in total. The van der Waals surface area contributed by atoms with Crippen LogP contribution in [0, 0.1) is 39.9 Å². The van der Waals surface area contributed by atoms with Crippen molar-refractivity contribution in [3.8, 4) is 6.07 Å². The van der Waals surface area contributed by atoms with E-state index in [2.05, 4.69) is 10.6 Å². The van der Waals surface area contributed by atoms with Crippen molar-refractivity contribution in [2.24, 2.45) is 28.6 Å². The van der Waals surface area contributed by atoms with Gasteiger partial charge in [-0.25, -0.2) is 0 Å². The SMILES string of the molecule is CN1C[C@@H]2C[C@@H](CC(C#N)NC(=O)[C@@H]3[C@H]4CC(C)(C)[C@H]4CN3C(=O)[C@@H](NC(=O)C(F)(F)F)C(C)(C)C1)C(=O)N2. The highest BCUT2D eigenvalue weighted by Gasteiger charge is 2.61. The molecule has 216 valence electrons. The van der Waals surface area contributed by atoms with Crippen molar-refractivity contribution in [3.63, 3.8) is 0 Å². The molecule has 4 fully saturated rings. The minimum atomic E-state index is -5.20. The molecule has 0 aromatic heterocycles. The Balaban J connectivity index is 1.74. The van der Waals surface area contributed by atoms with E-state index in [1.807, 2.05) is 30.1 Å². The van der Waals surface area contributed by atoms with Gasteiger partial charge in [0.25, 0.3) is 0 Å². The minimum Gasteiger partial charge on any atom is -0.352 e. The average molecular weight is 555 g/mol. The van der Waals surface area contributed by atoms with Crippen LogP contribution in [0.5, 0.6) is 0 Å². The van der Waals surface area contributed by atoms with Gasteiger partial charge >= 0.3 is 12.1 Å². The van der Waals surface area contributed by atoms with Crippen molar-refractivity contribution < 1.29 is 32.3 Å². The highest BCUT2D eigenvalue weighted by atomic mass is 19.4. The number of nitriles is 1. The normalized spacial score (nSPS) is 36.7. The van der Waals surface area contributed by atoms with E-state index in [9.17, 15) is 37.6 Å². The van der Waals surface area contributed by atoms with Gasteiger partial charge in [0.15, 0.2) is 0 Å². The molecule has 39 heavy (non-hydrogen) atoms. The van der Waals surface area contributed by atoms with Gasteiger partial charge in [0, 0.05) is 37.0 Å². The monoisotopic (exact) mass is 554 g/mol. The van der Waals surface area contributed by atoms with Gasteiger partial charge in [-0.05, 0) is 43.6 Å². The third-order valence-electron chi connectivity index (χ3n) is 9.02. The Morgan fingerprint density at radius 1 is 1.05 bits per heavy atom. The lowest BCUT2D eigenvalue weighted by Gasteiger charge is -2.48. The topological polar surface area (TPSA) is 135 Å². The number of carbonyl (C=O) groups excluding carboxylic acids is 4. The highest BCUT2D eigenvalue weighted by molar-refractivity contribution is 5.94. The summed E-state index contributed by atoms with van der Waals surface area (Å²) in [6.45, 7) is 7.87. The summed E-state index contributed by atoms with van der Waals surface area (Å²) in [6, 6.07) is -1.78. The maximum Gasteiger partial charge on any atom is 0.471 e. The van der Waals surface area contributed by atoms with Crippen LogP contribution < -0.4 is 16.0 Å². The third-order valence-corrected chi connectivity index (χ3v) is 9.02. The van der Waals surface area contributed by atoms with Crippen molar-refractivity contribution in [3.05, 3.63) is 0 Å². The van der Waals surface area contributed by atoms with Crippen molar-refractivity contribution in [1.29, 1.82) is 5.26 Å². The standard InChI is InChI=1S/C26H37F3N6O4/c1-24(2)8-16-17(24)11-35-18(16)21(37)31-14(9-30)6-13-7-15(32-20(13)36)10-34(5)12-25(3,4)19(22(35)38)33-23(39)26(27,28)29/h13-19H,6-8,10-12H2,1-5H3,(H,31,37)(H,32,36)(H,33,39)/t13-,14?,15+,16+,17+,18+,19-/m1/s1. The highest BCUT2D eigenvalue weighted by Crippen LogP contribution is 2.57. The molecule has 7 atom stereocenters. The molecular formula is C26H37F3N6O4. The van der Waals surface area contributed by atoms with Crippen LogP contribution in [0.15, 0.2) is 0 Å². The van der Waals surface area contributed by atoms with Crippen LogP contribution in [0.2, 0.25) is 0 Å². The van der Waals surface area contributed by atoms with Gasteiger partial charge in [0.1, 0.15) is 18.1 Å². The fraction of sp³-hybridized carbons (Fsp3) is 0.808. The van der Waals surface area contributed by atoms with Crippen LogP contribution in [0.1, 0.15) is 47.0 Å². The second kappa shape index (κ2) is 9.94. The van der Waals surface area contributed by atoms with Gasteiger partial charge in [-0.3, -0.25) is 19.2 Å². The van der Waals surface area contributed by atoms with Crippen LogP contribution in [-0.4, -0.2) is 90.5 Å². The second-order valence-corrected chi connectivity index (χ2v) is 13.1. The number of rotatable bonds is 1. The first kappa shape index (κ1) is 29.1. The molecular weight excluding hydrogens is 517 g/mol. The molecule has 1 saturated carbocycles. The number of likely N-dealkylation sites (N-methyl/N-ethyl adjacent to an activating group) is 1. The first-order chi connectivity index (χ1) is 17.9. The van der Waals surface area contributed by atoms with Crippen LogP contribution >= 0.6 is 0 Å². The zero-order valence-electron chi connectivity index (χ0n) is 22.9. The number of hydrogen-bond donors (Lipinski definition) is 3. The molecule has 2 bridgehead atoms. The number of halogens is 3. The van der Waals surface area contributed by atoms with Gasteiger partial charge in [0.05, 0.1) is 6.07 Å². The number of nitrogens with one attached hydrogen (secondary N) is 3. The van der Waals surface area contributed by atoms with E-state index >= 15 is 0 Å². The number of fused-ring (bicyclic) bond motifs is 5. The largest absolute Gasteiger partial charge is 0.471 e. The van der Waals surface area contributed by atoms with E-state index in [1.54, 1.807) is 20.9 Å².